The first-order valence-corrected chi connectivity index (χ1v) is 7.24. The minimum atomic E-state index is -0.289. The molecule has 2 N–H and O–H groups in total. The summed E-state index contributed by atoms with van der Waals surface area (Å²) in [7, 11) is 0. The largest absolute Gasteiger partial charge is 0.394 e. The van der Waals surface area contributed by atoms with Crippen molar-refractivity contribution in [1.29, 1.82) is 0 Å². The van der Waals surface area contributed by atoms with Crippen molar-refractivity contribution in [3.63, 3.8) is 0 Å². The molecule has 4 heteroatoms. The van der Waals surface area contributed by atoms with Crippen molar-refractivity contribution in [1.82, 2.24) is 5.32 Å². The van der Waals surface area contributed by atoms with Crippen molar-refractivity contribution in [3.8, 4) is 0 Å². The van der Waals surface area contributed by atoms with Crippen molar-refractivity contribution < 1.29 is 9.90 Å². The van der Waals surface area contributed by atoms with Crippen LogP contribution in [0.1, 0.15) is 11.1 Å². The van der Waals surface area contributed by atoms with Crippen molar-refractivity contribution in [3.05, 3.63) is 70.7 Å². The highest BCUT2D eigenvalue weighted by molar-refractivity contribution is 6.31. The summed E-state index contributed by atoms with van der Waals surface area (Å²) < 4.78 is 0. The Morgan fingerprint density at radius 1 is 1.10 bits per heavy atom. The van der Waals surface area contributed by atoms with Gasteiger partial charge in [-0.1, -0.05) is 60.1 Å². The van der Waals surface area contributed by atoms with Crippen molar-refractivity contribution in [2.24, 2.45) is 0 Å². The van der Waals surface area contributed by atoms with Crippen molar-refractivity contribution >= 4 is 17.5 Å². The molecular weight excluding hydrogens is 286 g/mol. The molecule has 0 saturated carbocycles. The normalized spacial score (nSPS) is 11.9. The van der Waals surface area contributed by atoms with Gasteiger partial charge in [-0.15, -0.1) is 0 Å². The standard InChI is InChI=1S/C17H18ClNO2/c18-16-9-5-4-8-14(16)11-17(21)19-15(12-20)10-13-6-2-1-3-7-13/h1-9,15,20H,10-12H2,(H,19,21)/t15-/m1/s1. The Morgan fingerprint density at radius 3 is 2.43 bits per heavy atom. The maximum atomic E-state index is 12.0. The average Bonchev–Trinajstić information content (AvgIpc) is 2.50. The number of benzene rings is 2. The van der Waals surface area contributed by atoms with Gasteiger partial charge in [0.1, 0.15) is 0 Å². The topological polar surface area (TPSA) is 49.3 Å². The van der Waals surface area contributed by atoms with Gasteiger partial charge in [-0.2, -0.15) is 0 Å². The van der Waals surface area contributed by atoms with E-state index in [-0.39, 0.29) is 25.0 Å². The Kier molecular flexibility index (Phi) is 5.78. The first-order valence-electron chi connectivity index (χ1n) is 6.86. The quantitative estimate of drug-likeness (QED) is 0.862. The van der Waals surface area contributed by atoms with E-state index in [0.717, 1.165) is 11.1 Å². The fourth-order valence-corrected chi connectivity index (χ4v) is 2.36. The number of rotatable bonds is 6. The van der Waals surface area contributed by atoms with E-state index in [1.54, 1.807) is 6.07 Å². The van der Waals surface area contributed by atoms with Crippen LogP contribution in [0.15, 0.2) is 54.6 Å². The van der Waals surface area contributed by atoms with Crippen LogP contribution in [0.4, 0.5) is 0 Å². The highest BCUT2D eigenvalue weighted by atomic mass is 35.5. The van der Waals surface area contributed by atoms with E-state index in [4.69, 9.17) is 11.6 Å². The van der Waals surface area contributed by atoms with Crippen LogP contribution in [0.3, 0.4) is 0 Å². The molecule has 0 heterocycles. The molecule has 2 aromatic carbocycles. The second kappa shape index (κ2) is 7.81. The molecule has 1 amide bonds. The van der Waals surface area contributed by atoms with Crippen LogP contribution in [-0.2, 0) is 17.6 Å². The van der Waals surface area contributed by atoms with E-state index in [1.165, 1.54) is 0 Å². The highest BCUT2D eigenvalue weighted by Crippen LogP contribution is 2.15. The van der Waals surface area contributed by atoms with Crippen LogP contribution in [0.5, 0.6) is 0 Å². The molecule has 110 valence electrons. The third-order valence-electron chi connectivity index (χ3n) is 3.22. The number of hydrogen-bond acceptors (Lipinski definition) is 2. The van der Waals surface area contributed by atoms with Gasteiger partial charge in [-0.3, -0.25) is 4.79 Å². The molecule has 2 aromatic rings. The van der Waals surface area contributed by atoms with E-state index in [9.17, 15) is 9.90 Å². The van der Waals surface area contributed by atoms with Crippen molar-refractivity contribution in [2.45, 2.75) is 18.9 Å². The van der Waals surface area contributed by atoms with Gasteiger partial charge in [-0.05, 0) is 23.6 Å². The lowest BCUT2D eigenvalue weighted by Gasteiger charge is -2.16. The van der Waals surface area contributed by atoms with Crippen LogP contribution < -0.4 is 5.32 Å². The Bertz CT molecular complexity index is 586. The van der Waals surface area contributed by atoms with E-state index in [1.807, 2.05) is 48.5 Å². The fourth-order valence-electron chi connectivity index (χ4n) is 2.15. The van der Waals surface area contributed by atoms with Crippen LogP contribution in [0.2, 0.25) is 5.02 Å². The third-order valence-corrected chi connectivity index (χ3v) is 3.59. The lowest BCUT2D eigenvalue weighted by atomic mass is 10.1. The Morgan fingerprint density at radius 2 is 1.76 bits per heavy atom. The molecular formula is C17H18ClNO2. The second-order valence-corrected chi connectivity index (χ2v) is 5.31. The molecule has 0 fully saturated rings. The number of amides is 1. The first-order chi connectivity index (χ1) is 10.2. The molecule has 0 spiro atoms. The van der Waals surface area contributed by atoms with Gasteiger partial charge in [0, 0.05) is 5.02 Å². The Labute approximate surface area is 129 Å². The third kappa shape index (κ3) is 4.88. The monoisotopic (exact) mass is 303 g/mol. The zero-order chi connectivity index (χ0) is 15.1. The summed E-state index contributed by atoms with van der Waals surface area (Å²) in [5.74, 6) is -0.141. The smallest absolute Gasteiger partial charge is 0.224 e. The molecule has 2 rings (SSSR count). The minimum absolute atomic E-state index is 0.0941. The molecule has 0 saturated heterocycles. The lowest BCUT2D eigenvalue weighted by molar-refractivity contribution is -0.121. The summed E-state index contributed by atoms with van der Waals surface area (Å²) >= 11 is 6.04. The van der Waals surface area contributed by atoms with Crippen LogP contribution in [-0.4, -0.2) is 23.7 Å². The summed E-state index contributed by atoms with van der Waals surface area (Å²) in [6.45, 7) is -0.0941. The molecule has 3 nitrogen and oxygen atoms in total. The fraction of sp³-hybridized carbons (Fsp3) is 0.235. The maximum absolute atomic E-state index is 12.0. The van der Waals surface area contributed by atoms with E-state index in [2.05, 4.69) is 5.32 Å². The van der Waals surface area contributed by atoms with Gasteiger partial charge >= 0.3 is 0 Å². The summed E-state index contributed by atoms with van der Waals surface area (Å²) in [5.41, 5.74) is 1.86. The summed E-state index contributed by atoms with van der Waals surface area (Å²) in [5, 5.41) is 12.8. The van der Waals surface area contributed by atoms with E-state index >= 15 is 0 Å². The Balaban J connectivity index is 1.92. The molecule has 0 aliphatic rings. The second-order valence-electron chi connectivity index (χ2n) is 4.90. The van der Waals surface area contributed by atoms with Gasteiger partial charge in [0.15, 0.2) is 0 Å². The maximum Gasteiger partial charge on any atom is 0.224 e. The Hall–Kier alpha value is -1.84. The van der Waals surface area contributed by atoms with Gasteiger partial charge in [0.25, 0.3) is 0 Å². The van der Waals surface area contributed by atoms with Crippen LogP contribution in [0.25, 0.3) is 0 Å². The first kappa shape index (κ1) is 15.5. The number of halogens is 1. The molecule has 0 aliphatic carbocycles. The number of aliphatic hydroxyl groups is 1. The van der Waals surface area contributed by atoms with Gasteiger partial charge in [0.05, 0.1) is 19.1 Å². The minimum Gasteiger partial charge on any atom is -0.394 e. The van der Waals surface area contributed by atoms with Gasteiger partial charge < -0.3 is 10.4 Å². The summed E-state index contributed by atoms with van der Waals surface area (Å²) in [6.07, 6.45) is 0.816. The number of hydrogen-bond donors (Lipinski definition) is 2. The molecule has 0 aromatic heterocycles. The molecule has 21 heavy (non-hydrogen) atoms. The SMILES string of the molecule is O=C(Cc1ccccc1Cl)N[C@@H](CO)Cc1ccccc1. The number of carbonyl (C=O) groups excluding carboxylic acids is 1. The highest BCUT2D eigenvalue weighted by Gasteiger charge is 2.13. The van der Waals surface area contributed by atoms with E-state index < -0.39 is 0 Å². The summed E-state index contributed by atoms with van der Waals surface area (Å²) in [4.78, 5) is 12.0. The van der Waals surface area contributed by atoms with E-state index in [0.29, 0.717) is 11.4 Å². The predicted octanol–water partition coefficient (Wildman–Crippen LogP) is 2.60. The van der Waals surface area contributed by atoms with Crippen LogP contribution >= 0.6 is 11.6 Å². The number of carbonyl (C=O) groups is 1. The summed E-state index contributed by atoms with van der Waals surface area (Å²) in [6, 6.07) is 16.7. The molecule has 0 aliphatic heterocycles. The van der Waals surface area contributed by atoms with Gasteiger partial charge in [0.2, 0.25) is 5.91 Å². The number of aliphatic hydroxyl groups excluding tert-OH is 1. The average molecular weight is 304 g/mol. The molecule has 0 radical (unpaired) electrons. The zero-order valence-electron chi connectivity index (χ0n) is 11.6. The molecule has 0 unspecified atom stereocenters. The lowest BCUT2D eigenvalue weighted by Crippen LogP contribution is -2.39. The predicted molar refractivity (Wildman–Crippen MR) is 84.3 cm³/mol. The van der Waals surface area contributed by atoms with Crippen molar-refractivity contribution in [2.75, 3.05) is 6.61 Å². The van der Waals surface area contributed by atoms with Gasteiger partial charge in [-0.25, -0.2) is 0 Å². The number of nitrogens with one attached hydrogen (secondary N) is 1. The molecule has 1 atom stereocenters. The zero-order valence-corrected chi connectivity index (χ0v) is 12.4. The molecule has 0 bridgehead atoms. The van der Waals surface area contributed by atoms with Crippen LogP contribution in [0, 0.1) is 0 Å².